The molecule has 8 nitrogen and oxygen atoms in total. The van der Waals surface area contributed by atoms with Crippen molar-refractivity contribution in [1.82, 2.24) is 10.2 Å². The van der Waals surface area contributed by atoms with E-state index < -0.39 is 12.4 Å². The average molecular weight is 654 g/mol. The molecule has 1 aliphatic heterocycles. The fraction of sp³-hybridized carbons (Fsp3) is 0.525. The zero-order chi connectivity index (χ0) is 33.4. The van der Waals surface area contributed by atoms with Gasteiger partial charge in [0, 0.05) is 35.3 Å². The first-order valence-corrected chi connectivity index (χ1v) is 17.8. The number of hydrogen-bond acceptors (Lipinski definition) is 6. The highest BCUT2D eigenvalue weighted by Crippen LogP contribution is 2.55. The highest BCUT2D eigenvalue weighted by molar-refractivity contribution is 5.89. The fourth-order valence-corrected chi connectivity index (χ4v) is 9.34. The van der Waals surface area contributed by atoms with Gasteiger partial charge in [-0.3, -0.25) is 4.90 Å². The number of urea groups is 1. The third-order valence-electron chi connectivity index (χ3n) is 11.7. The molecular weight excluding hydrogens is 602 g/mol. The van der Waals surface area contributed by atoms with Crippen molar-refractivity contribution in [3.05, 3.63) is 101 Å². The maximum Gasteiger partial charge on any atom is 0.319 e. The number of anilines is 1. The van der Waals surface area contributed by atoms with Gasteiger partial charge in [-0.05, 0) is 99.1 Å². The highest BCUT2D eigenvalue weighted by Gasteiger charge is 2.51. The van der Waals surface area contributed by atoms with Gasteiger partial charge in [0.25, 0.3) is 0 Å². The van der Waals surface area contributed by atoms with E-state index in [0.717, 1.165) is 65.0 Å². The van der Waals surface area contributed by atoms with Crippen molar-refractivity contribution in [2.75, 3.05) is 18.9 Å². The van der Waals surface area contributed by atoms with Crippen LogP contribution in [-0.4, -0.2) is 52.4 Å². The van der Waals surface area contributed by atoms with Gasteiger partial charge in [0.15, 0.2) is 6.29 Å². The smallest absolute Gasteiger partial charge is 0.319 e. The first-order valence-electron chi connectivity index (χ1n) is 17.8. The third kappa shape index (κ3) is 7.05. The van der Waals surface area contributed by atoms with E-state index in [4.69, 9.17) is 9.47 Å². The maximum atomic E-state index is 13.2. The Morgan fingerprint density at radius 2 is 1.50 bits per heavy atom. The van der Waals surface area contributed by atoms with Crippen molar-refractivity contribution in [2.45, 2.75) is 95.2 Å². The maximum absolute atomic E-state index is 13.2. The molecule has 0 unspecified atom stereocenters. The fourth-order valence-electron chi connectivity index (χ4n) is 9.34. The molecule has 0 aromatic heterocycles. The van der Waals surface area contributed by atoms with Gasteiger partial charge in [0.1, 0.15) is 0 Å². The summed E-state index contributed by atoms with van der Waals surface area (Å²) in [6.45, 7) is 4.77. The van der Waals surface area contributed by atoms with Crippen LogP contribution in [0.3, 0.4) is 0 Å². The van der Waals surface area contributed by atoms with Crippen molar-refractivity contribution in [3.63, 3.8) is 0 Å². The number of aliphatic hydroxyl groups excluding tert-OH is 2. The molecule has 8 heteroatoms. The monoisotopic (exact) mass is 653 g/mol. The number of nitrogens with one attached hydrogen (secondary N) is 2. The largest absolute Gasteiger partial charge is 0.392 e. The lowest BCUT2D eigenvalue weighted by molar-refractivity contribution is -0.276. The number of ether oxygens (including phenoxy) is 2. The summed E-state index contributed by atoms with van der Waals surface area (Å²) in [5.74, 6) is 2.32. The summed E-state index contributed by atoms with van der Waals surface area (Å²) in [5.41, 5.74) is 4.33. The van der Waals surface area contributed by atoms with Gasteiger partial charge in [-0.1, -0.05) is 73.7 Å². The minimum atomic E-state index is -0.635. The summed E-state index contributed by atoms with van der Waals surface area (Å²) in [7, 11) is 2.03. The second-order valence-electron chi connectivity index (χ2n) is 15.3. The van der Waals surface area contributed by atoms with Crippen LogP contribution in [0.15, 0.2) is 78.9 Å². The number of rotatable bonds is 10. The highest BCUT2D eigenvalue weighted by atomic mass is 16.7. The number of nitrogens with zero attached hydrogens (tertiary/aromatic N) is 1. The van der Waals surface area contributed by atoms with Crippen molar-refractivity contribution in [1.29, 1.82) is 0 Å². The Kier molecular flexibility index (Phi) is 9.64. The lowest BCUT2D eigenvalue weighted by atomic mass is 9.53. The van der Waals surface area contributed by atoms with E-state index in [1.54, 1.807) is 0 Å². The van der Waals surface area contributed by atoms with Crippen LogP contribution in [0.2, 0.25) is 0 Å². The molecule has 6 atom stereocenters. The molecule has 3 aromatic rings. The molecule has 5 aliphatic rings. The first-order chi connectivity index (χ1) is 23.2. The van der Waals surface area contributed by atoms with E-state index in [1.807, 2.05) is 92.8 Å². The summed E-state index contributed by atoms with van der Waals surface area (Å²) < 4.78 is 13.3. The topological polar surface area (TPSA) is 103 Å². The molecule has 4 saturated carbocycles. The van der Waals surface area contributed by atoms with Gasteiger partial charge >= 0.3 is 6.03 Å². The lowest BCUT2D eigenvalue weighted by Gasteiger charge is -2.56. The Balaban J connectivity index is 1.05. The van der Waals surface area contributed by atoms with Gasteiger partial charge < -0.3 is 30.3 Å². The predicted molar refractivity (Wildman–Crippen MR) is 186 cm³/mol. The molecule has 2 amide bonds. The zero-order valence-electron chi connectivity index (χ0n) is 28.4. The Bertz CT molecular complexity index is 1500. The molecule has 8 rings (SSSR count). The van der Waals surface area contributed by atoms with Crippen LogP contribution in [-0.2, 0) is 16.1 Å². The normalized spacial score (nSPS) is 32.2. The number of benzene rings is 3. The zero-order valence-corrected chi connectivity index (χ0v) is 28.4. The van der Waals surface area contributed by atoms with Gasteiger partial charge in [-0.2, -0.15) is 0 Å². The molecule has 4 bridgehead atoms. The van der Waals surface area contributed by atoms with E-state index >= 15 is 0 Å². The molecule has 0 spiro atoms. The van der Waals surface area contributed by atoms with Crippen molar-refractivity contribution in [2.24, 2.45) is 23.7 Å². The van der Waals surface area contributed by atoms with Crippen LogP contribution >= 0.6 is 0 Å². The number of carbonyl (C=O) groups excluding carboxylic acids is 1. The molecule has 4 N–H and O–H groups in total. The summed E-state index contributed by atoms with van der Waals surface area (Å²) in [5, 5.41) is 27.2. The Morgan fingerprint density at radius 3 is 2.10 bits per heavy atom. The minimum absolute atomic E-state index is 0.0108. The van der Waals surface area contributed by atoms with Crippen LogP contribution in [0.1, 0.15) is 93.1 Å². The molecule has 1 heterocycles. The van der Waals surface area contributed by atoms with Crippen LogP contribution in [0.4, 0.5) is 10.5 Å². The van der Waals surface area contributed by atoms with E-state index in [1.165, 1.54) is 19.3 Å². The molecule has 5 fully saturated rings. The molecular formula is C40H51N3O5. The summed E-state index contributed by atoms with van der Waals surface area (Å²) in [6, 6.07) is 25.2. The first kappa shape index (κ1) is 33.2. The molecule has 1 saturated heterocycles. The average Bonchev–Trinajstić information content (AvgIpc) is 3.08. The second-order valence-corrected chi connectivity index (χ2v) is 15.3. The van der Waals surface area contributed by atoms with Crippen LogP contribution < -0.4 is 10.6 Å². The molecule has 4 aliphatic carbocycles. The van der Waals surface area contributed by atoms with Crippen molar-refractivity contribution >= 4 is 11.7 Å². The lowest BCUT2D eigenvalue weighted by Crippen LogP contribution is -2.60. The number of amides is 2. The van der Waals surface area contributed by atoms with Gasteiger partial charge in [0.05, 0.1) is 24.9 Å². The van der Waals surface area contributed by atoms with Crippen molar-refractivity contribution in [3.8, 4) is 0 Å². The summed E-state index contributed by atoms with van der Waals surface area (Å²) in [6.07, 6.45) is 5.69. The number of aliphatic hydroxyl groups is 2. The number of likely N-dealkylation sites (N-methyl/N-ethyl adjacent to an activating group) is 1. The second kappa shape index (κ2) is 13.9. The molecule has 256 valence electrons. The van der Waals surface area contributed by atoms with E-state index in [9.17, 15) is 15.0 Å². The standard InChI is InChI=1S/C40H51N3O5/c1-25-35(23-43(3)26(2)36(45)31-7-5-4-6-8-31)47-38(48-37(25)32-11-9-27(24-44)10-12-32)33-13-15-34(16-14-33)41-39(46)42-40-20-28-17-29(21-40)19-30(18-28)22-40/h4-16,25-26,28-30,35-38,44-45H,17-24H2,1-3H3,(H2,41,42,46)/t25-,26+,28?,29?,30?,35+,36+,37+,38+,40?/m1/s1. The van der Waals surface area contributed by atoms with Gasteiger partial charge in [0.2, 0.25) is 0 Å². The van der Waals surface area contributed by atoms with Gasteiger partial charge in [-0.25, -0.2) is 4.79 Å². The quantitative estimate of drug-likeness (QED) is 0.186. The Labute approximate surface area is 284 Å². The third-order valence-corrected chi connectivity index (χ3v) is 11.7. The van der Waals surface area contributed by atoms with Crippen LogP contribution in [0, 0.1) is 23.7 Å². The van der Waals surface area contributed by atoms with Crippen molar-refractivity contribution < 1.29 is 24.5 Å². The summed E-state index contributed by atoms with van der Waals surface area (Å²) in [4.78, 5) is 15.4. The Morgan fingerprint density at radius 1 is 0.896 bits per heavy atom. The molecule has 48 heavy (non-hydrogen) atoms. The summed E-state index contributed by atoms with van der Waals surface area (Å²) >= 11 is 0. The molecule has 3 aromatic carbocycles. The molecule has 0 radical (unpaired) electrons. The van der Waals surface area contributed by atoms with Gasteiger partial charge in [-0.15, -0.1) is 0 Å². The van der Waals surface area contributed by atoms with Crippen LogP contribution in [0.5, 0.6) is 0 Å². The SMILES string of the molecule is C[C@@H]1[C@H](CN(C)[C@@H](C)[C@H](O)c2ccccc2)O[C@H](c2ccc(NC(=O)NC34CC5CC(CC(C5)C3)C4)cc2)O[C@@H]1c1ccc(CO)cc1. The van der Waals surface area contributed by atoms with E-state index in [0.29, 0.717) is 6.54 Å². The van der Waals surface area contributed by atoms with E-state index in [2.05, 4.69) is 22.5 Å². The predicted octanol–water partition coefficient (Wildman–Crippen LogP) is 7.11. The number of carbonyl (C=O) groups is 1. The number of hydrogen-bond donors (Lipinski definition) is 4. The Hall–Kier alpha value is -3.27. The minimum Gasteiger partial charge on any atom is -0.392 e. The van der Waals surface area contributed by atoms with E-state index in [-0.39, 0.29) is 42.3 Å². The van der Waals surface area contributed by atoms with Crippen LogP contribution in [0.25, 0.3) is 0 Å².